The van der Waals surface area contributed by atoms with Crippen molar-refractivity contribution >= 4 is 12.0 Å². The molecule has 6 heteroatoms. The number of carbonyl (C=O) groups is 2. The minimum atomic E-state index is -0.719. The van der Waals surface area contributed by atoms with Gasteiger partial charge in [-0.05, 0) is 19.3 Å². The molecular weight excluding hydrogens is 234 g/mol. The molecule has 2 N–H and O–H groups in total. The molecule has 0 unspecified atom stereocenters. The Morgan fingerprint density at radius 3 is 2.78 bits per heavy atom. The molecule has 0 aromatic heterocycles. The summed E-state index contributed by atoms with van der Waals surface area (Å²) in [5.41, 5.74) is 0. The van der Waals surface area contributed by atoms with Gasteiger partial charge in [0.1, 0.15) is 0 Å². The lowest BCUT2D eigenvalue weighted by molar-refractivity contribution is -0.141. The molecule has 6 nitrogen and oxygen atoms in total. The number of piperazine rings is 1. The minimum Gasteiger partial charge on any atom is -0.481 e. The number of amides is 2. The lowest BCUT2D eigenvalue weighted by atomic mass is 10.1. The highest BCUT2D eigenvalue weighted by Crippen LogP contribution is 2.32. The van der Waals surface area contributed by atoms with Crippen LogP contribution >= 0.6 is 0 Å². The van der Waals surface area contributed by atoms with Gasteiger partial charge in [-0.3, -0.25) is 4.79 Å². The number of carboxylic acids is 1. The molecule has 18 heavy (non-hydrogen) atoms. The summed E-state index contributed by atoms with van der Waals surface area (Å²) >= 11 is 0. The second-order valence-electron chi connectivity index (χ2n) is 5.49. The predicted octanol–water partition coefficient (Wildman–Crippen LogP) is -0.0509. The fraction of sp³-hybridized carbons (Fsp3) is 0.833. The molecule has 3 atom stereocenters. The normalized spacial score (nSPS) is 36.0. The summed E-state index contributed by atoms with van der Waals surface area (Å²) in [5, 5.41) is 12.3. The summed E-state index contributed by atoms with van der Waals surface area (Å²) in [7, 11) is 0. The van der Waals surface area contributed by atoms with Crippen LogP contribution in [0.2, 0.25) is 0 Å². The number of carbonyl (C=O) groups excluding carboxylic acids is 1. The maximum Gasteiger partial charge on any atom is 0.320 e. The molecule has 0 aromatic rings. The summed E-state index contributed by atoms with van der Waals surface area (Å²) in [6, 6.07) is 0.511. The first-order chi connectivity index (χ1) is 8.66. The van der Waals surface area contributed by atoms with Gasteiger partial charge in [-0.15, -0.1) is 0 Å². The Labute approximate surface area is 106 Å². The van der Waals surface area contributed by atoms with Crippen molar-refractivity contribution in [3.8, 4) is 0 Å². The second-order valence-corrected chi connectivity index (χ2v) is 5.49. The largest absolute Gasteiger partial charge is 0.481 e. The first kappa shape index (κ1) is 11.8. The van der Waals surface area contributed by atoms with Gasteiger partial charge in [0, 0.05) is 32.2 Å². The Hall–Kier alpha value is -1.30. The summed E-state index contributed by atoms with van der Waals surface area (Å²) < 4.78 is 0. The van der Waals surface area contributed by atoms with Gasteiger partial charge in [0.15, 0.2) is 0 Å². The number of carboxylic acid groups (broad SMARTS) is 1. The Bertz CT molecular complexity index is 374. The Morgan fingerprint density at radius 1 is 1.28 bits per heavy atom. The fourth-order valence-electron chi connectivity index (χ4n) is 3.42. The molecule has 3 fully saturated rings. The highest BCUT2D eigenvalue weighted by atomic mass is 16.4. The fourth-order valence-corrected chi connectivity index (χ4v) is 3.42. The zero-order valence-electron chi connectivity index (χ0n) is 10.3. The maximum atomic E-state index is 12.3. The molecule has 2 heterocycles. The van der Waals surface area contributed by atoms with E-state index in [9.17, 15) is 9.59 Å². The van der Waals surface area contributed by atoms with E-state index in [1.807, 2.05) is 9.80 Å². The average Bonchev–Trinajstić information content (AvgIpc) is 2.95. The number of nitrogens with one attached hydrogen (secondary N) is 1. The zero-order valence-corrected chi connectivity index (χ0v) is 10.3. The van der Waals surface area contributed by atoms with Crippen LogP contribution in [0.5, 0.6) is 0 Å². The van der Waals surface area contributed by atoms with Gasteiger partial charge >= 0.3 is 12.0 Å². The number of nitrogens with zero attached hydrogens (tertiary/aromatic N) is 2. The average molecular weight is 253 g/mol. The third kappa shape index (κ3) is 1.84. The van der Waals surface area contributed by atoms with Gasteiger partial charge < -0.3 is 20.2 Å². The topological polar surface area (TPSA) is 72.9 Å². The van der Waals surface area contributed by atoms with Crippen LogP contribution in [0.4, 0.5) is 4.79 Å². The summed E-state index contributed by atoms with van der Waals surface area (Å²) in [5.74, 6) is -0.984. The van der Waals surface area contributed by atoms with Gasteiger partial charge in [-0.1, -0.05) is 0 Å². The Morgan fingerprint density at radius 2 is 2.11 bits per heavy atom. The smallest absolute Gasteiger partial charge is 0.320 e. The number of rotatable bonds is 2. The van der Waals surface area contributed by atoms with Crippen LogP contribution in [0.1, 0.15) is 19.3 Å². The van der Waals surface area contributed by atoms with Crippen LogP contribution in [0.15, 0.2) is 0 Å². The van der Waals surface area contributed by atoms with E-state index in [-0.39, 0.29) is 24.0 Å². The summed E-state index contributed by atoms with van der Waals surface area (Å²) in [6.07, 6.45) is 2.15. The molecular formula is C12H19N3O3. The third-order valence-corrected chi connectivity index (χ3v) is 4.44. The highest BCUT2D eigenvalue weighted by molar-refractivity contribution is 5.78. The van der Waals surface area contributed by atoms with Crippen LogP contribution in [0, 0.1) is 5.92 Å². The Kier molecular flexibility index (Phi) is 2.89. The van der Waals surface area contributed by atoms with Crippen molar-refractivity contribution in [2.75, 3.05) is 26.2 Å². The van der Waals surface area contributed by atoms with E-state index >= 15 is 0 Å². The molecule has 0 bridgehead atoms. The van der Waals surface area contributed by atoms with Crippen molar-refractivity contribution in [1.29, 1.82) is 0 Å². The quantitative estimate of drug-likeness (QED) is 0.723. The van der Waals surface area contributed by atoms with Gasteiger partial charge in [0.25, 0.3) is 0 Å². The minimum absolute atomic E-state index is 0.109. The molecule has 1 aliphatic carbocycles. The molecule has 2 amide bonds. The Balaban J connectivity index is 1.67. The lowest BCUT2D eigenvalue weighted by Crippen LogP contribution is -2.50. The molecule has 0 aromatic carbocycles. The van der Waals surface area contributed by atoms with Crippen molar-refractivity contribution in [2.24, 2.45) is 5.92 Å². The van der Waals surface area contributed by atoms with Gasteiger partial charge in [-0.25, -0.2) is 4.79 Å². The molecule has 2 aliphatic heterocycles. The van der Waals surface area contributed by atoms with Crippen LogP contribution in [0.25, 0.3) is 0 Å². The number of hydrogen-bond acceptors (Lipinski definition) is 3. The first-order valence-electron chi connectivity index (χ1n) is 6.67. The summed E-state index contributed by atoms with van der Waals surface area (Å²) in [4.78, 5) is 27.1. The van der Waals surface area contributed by atoms with Crippen molar-refractivity contribution in [3.05, 3.63) is 0 Å². The van der Waals surface area contributed by atoms with E-state index in [0.717, 1.165) is 32.6 Å². The van der Waals surface area contributed by atoms with E-state index < -0.39 is 5.97 Å². The van der Waals surface area contributed by atoms with E-state index in [4.69, 9.17) is 5.11 Å². The van der Waals surface area contributed by atoms with E-state index in [1.54, 1.807) is 0 Å². The lowest BCUT2D eigenvalue weighted by Gasteiger charge is -2.28. The van der Waals surface area contributed by atoms with Crippen LogP contribution in [0.3, 0.4) is 0 Å². The van der Waals surface area contributed by atoms with E-state index in [0.29, 0.717) is 12.8 Å². The van der Waals surface area contributed by atoms with Crippen LogP contribution < -0.4 is 5.32 Å². The van der Waals surface area contributed by atoms with E-state index in [2.05, 4.69) is 5.32 Å². The number of hydrogen-bond donors (Lipinski definition) is 2. The monoisotopic (exact) mass is 253 g/mol. The van der Waals surface area contributed by atoms with Crippen molar-refractivity contribution in [3.63, 3.8) is 0 Å². The number of urea groups is 1. The van der Waals surface area contributed by atoms with Crippen molar-refractivity contribution in [2.45, 2.75) is 31.3 Å². The van der Waals surface area contributed by atoms with Crippen LogP contribution in [-0.2, 0) is 4.79 Å². The van der Waals surface area contributed by atoms with Gasteiger partial charge in [-0.2, -0.15) is 0 Å². The molecule has 0 radical (unpaired) electrons. The van der Waals surface area contributed by atoms with Crippen LogP contribution in [-0.4, -0.2) is 65.2 Å². The van der Waals surface area contributed by atoms with E-state index in [1.165, 1.54) is 0 Å². The number of fused-ring (bicyclic) bond motifs is 1. The molecule has 3 rings (SSSR count). The molecule has 1 saturated carbocycles. The highest BCUT2D eigenvalue weighted by Gasteiger charge is 2.44. The van der Waals surface area contributed by atoms with Gasteiger partial charge in [0.2, 0.25) is 0 Å². The zero-order chi connectivity index (χ0) is 12.7. The SMILES string of the molecule is O=C(O)[C@H]1CC[C@H](N2C[C@@H]3CNCCN3C2=O)C1. The predicted molar refractivity (Wildman–Crippen MR) is 64.2 cm³/mol. The first-order valence-corrected chi connectivity index (χ1v) is 6.67. The second kappa shape index (κ2) is 4.42. The van der Waals surface area contributed by atoms with Gasteiger partial charge in [0.05, 0.1) is 12.0 Å². The maximum absolute atomic E-state index is 12.3. The standard InChI is InChI=1S/C12H19N3O3/c16-11(17)8-1-2-9(5-8)15-7-10-6-13-3-4-14(10)12(15)18/h8-10,13H,1-7H2,(H,16,17)/t8-,9-,10-/m0/s1. The molecule has 0 spiro atoms. The molecule has 100 valence electrons. The third-order valence-electron chi connectivity index (χ3n) is 4.44. The molecule has 2 saturated heterocycles. The summed E-state index contributed by atoms with van der Waals surface area (Å²) in [6.45, 7) is 3.24. The molecule has 3 aliphatic rings. The van der Waals surface area contributed by atoms with Crippen molar-refractivity contribution < 1.29 is 14.7 Å². The number of aliphatic carboxylic acids is 1. The van der Waals surface area contributed by atoms with Crippen molar-refractivity contribution in [1.82, 2.24) is 15.1 Å².